The second-order valence-electron chi connectivity index (χ2n) is 4.01. The quantitative estimate of drug-likeness (QED) is 0.491. The molecule has 0 bridgehead atoms. The minimum Gasteiger partial charge on any atom is -0.465 e. The summed E-state index contributed by atoms with van der Waals surface area (Å²) >= 11 is 8.88. The van der Waals surface area contributed by atoms with E-state index in [4.69, 9.17) is 22.1 Å². The Balaban J connectivity index is 2.41. The van der Waals surface area contributed by atoms with E-state index in [1.54, 1.807) is 12.1 Å². The van der Waals surface area contributed by atoms with Gasteiger partial charge in [0.15, 0.2) is 5.75 Å². The minimum atomic E-state index is -0.627. The summed E-state index contributed by atoms with van der Waals surface area (Å²) in [7, 11) is 1.25. The summed E-state index contributed by atoms with van der Waals surface area (Å²) in [4.78, 5) is 11.6. The van der Waals surface area contributed by atoms with Crippen molar-refractivity contribution in [1.29, 1.82) is 0 Å². The highest BCUT2D eigenvalue weighted by Gasteiger charge is 2.16. The molecule has 21 heavy (non-hydrogen) atoms. The van der Waals surface area contributed by atoms with E-state index in [-0.39, 0.29) is 27.8 Å². The number of benzene rings is 2. The zero-order valence-electron chi connectivity index (χ0n) is 10.8. The Labute approximate surface area is 133 Å². The van der Waals surface area contributed by atoms with Crippen LogP contribution in [0, 0.1) is 5.82 Å². The van der Waals surface area contributed by atoms with E-state index in [0.29, 0.717) is 4.47 Å². The topological polar surface area (TPSA) is 61.5 Å². The van der Waals surface area contributed by atoms with E-state index in [9.17, 15) is 9.18 Å². The molecule has 4 nitrogen and oxygen atoms in total. The lowest BCUT2D eigenvalue weighted by Gasteiger charge is -2.12. The molecule has 0 amide bonds. The number of ether oxygens (including phenoxy) is 2. The fraction of sp³-hybridized carbons (Fsp3) is 0.0714. The van der Waals surface area contributed by atoms with Gasteiger partial charge in [0, 0.05) is 6.07 Å². The lowest BCUT2D eigenvalue weighted by atomic mass is 10.1. The number of esters is 1. The number of halogens is 3. The number of carbonyl (C=O) groups is 1. The molecule has 2 aromatic rings. The Bertz CT molecular complexity index is 709. The molecule has 0 radical (unpaired) electrons. The van der Waals surface area contributed by atoms with Crippen LogP contribution in [0.15, 0.2) is 34.8 Å². The molecule has 0 saturated heterocycles. The molecule has 0 aliphatic heterocycles. The van der Waals surface area contributed by atoms with Gasteiger partial charge in [-0.05, 0) is 34.1 Å². The Hall–Kier alpha value is -1.79. The molecule has 0 heterocycles. The van der Waals surface area contributed by atoms with E-state index in [2.05, 4.69) is 20.7 Å². The molecule has 0 unspecified atom stereocenters. The van der Waals surface area contributed by atoms with Crippen LogP contribution in [0.1, 0.15) is 10.4 Å². The zero-order chi connectivity index (χ0) is 15.6. The molecule has 0 atom stereocenters. The Kier molecular flexibility index (Phi) is 4.69. The summed E-state index contributed by atoms with van der Waals surface area (Å²) < 4.78 is 24.1. The fourth-order valence-electron chi connectivity index (χ4n) is 1.62. The molecular weight excluding hydrogens is 365 g/mol. The molecule has 2 rings (SSSR count). The van der Waals surface area contributed by atoms with Crippen molar-refractivity contribution < 1.29 is 18.7 Å². The number of para-hydroxylation sites is 1. The van der Waals surface area contributed by atoms with E-state index in [1.807, 2.05) is 0 Å². The lowest BCUT2D eigenvalue weighted by Crippen LogP contribution is -2.06. The summed E-state index contributed by atoms with van der Waals surface area (Å²) in [5.74, 6) is -0.817. The number of nitrogens with two attached hydrogens (primary N) is 1. The van der Waals surface area contributed by atoms with Crippen molar-refractivity contribution >= 4 is 39.2 Å². The van der Waals surface area contributed by atoms with Crippen molar-refractivity contribution in [3.8, 4) is 11.5 Å². The number of nitrogen functional groups attached to an aromatic ring is 1. The van der Waals surface area contributed by atoms with Gasteiger partial charge < -0.3 is 15.2 Å². The predicted molar refractivity (Wildman–Crippen MR) is 81.4 cm³/mol. The first-order valence-electron chi connectivity index (χ1n) is 5.73. The summed E-state index contributed by atoms with van der Waals surface area (Å²) in [5.41, 5.74) is 6.14. The molecule has 0 aliphatic rings. The summed E-state index contributed by atoms with van der Waals surface area (Å²) in [6, 6.07) is 7.13. The number of carbonyl (C=O) groups excluding carboxylic acids is 1. The van der Waals surface area contributed by atoms with E-state index >= 15 is 0 Å². The van der Waals surface area contributed by atoms with Crippen molar-refractivity contribution in [2.45, 2.75) is 0 Å². The highest BCUT2D eigenvalue weighted by molar-refractivity contribution is 9.10. The molecule has 0 saturated carbocycles. The second kappa shape index (κ2) is 6.32. The average Bonchev–Trinajstić information content (AvgIpc) is 2.46. The molecule has 0 fully saturated rings. The summed E-state index contributed by atoms with van der Waals surface area (Å²) in [5, 5.41) is -0.0366. The van der Waals surface area contributed by atoms with Gasteiger partial charge in [0.2, 0.25) is 0 Å². The lowest BCUT2D eigenvalue weighted by molar-refractivity contribution is 0.0601. The molecule has 0 spiro atoms. The van der Waals surface area contributed by atoms with Crippen molar-refractivity contribution in [1.82, 2.24) is 0 Å². The standard InChI is InChI=1S/C14H10BrClFNO3/c1-20-14(19)7-3-2-4-11(13(7)18)21-12-6-10(17)9(16)5-8(12)15/h2-6H,18H2,1H3. The number of hydrogen-bond donors (Lipinski definition) is 1. The van der Waals surface area contributed by atoms with Crippen LogP contribution in [0.5, 0.6) is 11.5 Å². The van der Waals surface area contributed by atoms with Gasteiger partial charge in [-0.25, -0.2) is 9.18 Å². The fourth-order valence-corrected chi connectivity index (χ4v) is 2.34. The highest BCUT2D eigenvalue weighted by atomic mass is 79.9. The van der Waals surface area contributed by atoms with E-state index in [0.717, 1.165) is 6.07 Å². The largest absolute Gasteiger partial charge is 0.465 e. The molecule has 2 aromatic carbocycles. The first kappa shape index (κ1) is 15.6. The second-order valence-corrected chi connectivity index (χ2v) is 5.27. The van der Waals surface area contributed by atoms with Gasteiger partial charge in [0.1, 0.15) is 11.6 Å². The third-order valence-corrected chi connectivity index (χ3v) is 3.58. The molecule has 110 valence electrons. The third-order valence-electron chi connectivity index (χ3n) is 2.67. The minimum absolute atomic E-state index is 0.0366. The van der Waals surface area contributed by atoms with Crippen LogP contribution in [0.25, 0.3) is 0 Å². The van der Waals surface area contributed by atoms with Crippen LogP contribution in [0.3, 0.4) is 0 Å². The maximum atomic E-state index is 13.5. The first-order chi connectivity index (χ1) is 9.93. The first-order valence-corrected chi connectivity index (χ1v) is 6.90. The Morgan fingerprint density at radius 1 is 1.33 bits per heavy atom. The maximum Gasteiger partial charge on any atom is 0.340 e. The van der Waals surface area contributed by atoms with Gasteiger partial charge in [-0.3, -0.25) is 0 Å². The smallest absolute Gasteiger partial charge is 0.340 e. The van der Waals surface area contributed by atoms with Crippen molar-refractivity contribution in [3.05, 3.63) is 51.2 Å². The predicted octanol–water partition coefficient (Wildman–Crippen LogP) is 4.40. The molecule has 2 N–H and O–H groups in total. The Morgan fingerprint density at radius 2 is 2.05 bits per heavy atom. The highest BCUT2D eigenvalue weighted by Crippen LogP contribution is 2.36. The van der Waals surface area contributed by atoms with E-state index < -0.39 is 11.8 Å². The van der Waals surface area contributed by atoms with Crippen molar-refractivity contribution in [2.24, 2.45) is 0 Å². The van der Waals surface area contributed by atoms with Crippen LogP contribution in [-0.2, 0) is 4.74 Å². The van der Waals surface area contributed by atoms with Crippen LogP contribution in [0.4, 0.5) is 10.1 Å². The number of rotatable bonds is 3. The van der Waals surface area contributed by atoms with Crippen molar-refractivity contribution in [3.63, 3.8) is 0 Å². The van der Waals surface area contributed by atoms with Gasteiger partial charge in [0.25, 0.3) is 0 Å². The zero-order valence-corrected chi connectivity index (χ0v) is 13.2. The molecule has 7 heteroatoms. The molecular formula is C14H10BrClFNO3. The number of methoxy groups -OCH3 is 1. The molecule has 0 aliphatic carbocycles. The average molecular weight is 375 g/mol. The Morgan fingerprint density at radius 3 is 2.71 bits per heavy atom. The van der Waals surface area contributed by atoms with E-state index in [1.165, 1.54) is 19.2 Å². The number of anilines is 1. The molecule has 0 aromatic heterocycles. The van der Waals surface area contributed by atoms with Crippen LogP contribution in [0.2, 0.25) is 5.02 Å². The number of hydrogen-bond acceptors (Lipinski definition) is 4. The van der Waals surface area contributed by atoms with Gasteiger partial charge >= 0.3 is 5.97 Å². The van der Waals surface area contributed by atoms with Gasteiger partial charge in [0.05, 0.1) is 27.9 Å². The van der Waals surface area contributed by atoms with Gasteiger partial charge in [-0.1, -0.05) is 17.7 Å². The summed E-state index contributed by atoms with van der Waals surface area (Å²) in [6.45, 7) is 0. The van der Waals surface area contributed by atoms with Gasteiger partial charge in [-0.2, -0.15) is 0 Å². The van der Waals surface area contributed by atoms with Crippen LogP contribution >= 0.6 is 27.5 Å². The third kappa shape index (κ3) is 3.28. The normalized spacial score (nSPS) is 10.3. The SMILES string of the molecule is COC(=O)c1cccc(Oc2cc(F)c(Cl)cc2Br)c1N. The van der Waals surface area contributed by atoms with Gasteiger partial charge in [-0.15, -0.1) is 0 Å². The van der Waals surface area contributed by atoms with Crippen LogP contribution in [-0.4, -0.2) is 13.1 Å². The maximum absolute atomic E-state index is 13.5. The van der Waals surface area contributed by atoms with Crippen molar-refractivity contribution in [2.75, 3.05) is 12.8 Å². The monoisotopic (exact) mass is 373 g/mol. The summed E-state index contributed by atoms with van der Waals surface area (Å²) in [6.07, 6.45) is 0. The van der Waals surface area contributed by atoms with Crippen LogP contribution < -0.4 is 10.5 Å².